The number of nitrogens with zero attached hydrogens (tertiary/aromatic N) is 3. The van der Waals surface area contributed by atoms with E-state index in [1.807, 2.05) is 35.2 Å². The molecule has 0 atom stereocenters. The van der Waals surface area contributed by atoms with Crippen LogP contribution in [0.5, 0.6) is 0 Å². The zero-order chi connectivity index (χ0) is 15.1. The fourth-order valence-electron chi connectivity index (χ4n) is 1.96. The predicted octanol–water partition coefficient (Wildman–Crippen LogP) is 2.92. The van der Waals surface area contributed by atoms with Gasteiger partial charge in [0.2, 0.25) is 0 Å². The van der Waals surface area contributed by atoms with Crippen molar-refractivity contribution >= 4 is 17.5 Å². The average molecular weight is 281 g/mol. The maximum absolute atomic E-state index is 11.6. The first-order chi connectivity index (χ1) is 10.3. The molecule has 0 unspecified atom stereocenters. The van der Waals surface area contributed by atoms with Crippen molar-refractivity contribution in [3.8, 4) is 6.07 Å². The molecular weight excluding hydrogens is 266 g/mol. The summed E-state index contributed by atoms with van der Waals surface area (Å²) in [5.41, 5.74) is 1.35. The lowest BCUT2D eigenvalue weighted by Gasteiger charge is -2.23. The first kappa shape index (κ1) is 14.5. The Bertz CT molecular complexity index is 650. The Morgan fingerprint density at radius 3 is 2.76 bits per heavy atom. The summed E-state index contributed by atoms with van der Waals surface area (Å²) in [6.07, 6.45) is 1.92. The molecule has 0 saturated carbocycles. The Labute approximate surface area is 123 Å². The lowest BCUT2D eigenvalue weighted by atomic mass is 10.2. The SMILES string of the molecule is COC(=O)c1ccnc(N(CCC#N)c2ccccc2)c1. The number of nitriles is 1. The van der Waals surface area contributed by atoms with E-state index in [0.717, 1.165) is 5.69 Å². The van der Waals surface area contributed by atoms with E-state index in [1.165, 1.54) is 7.11 Å². The number of benzene rings is 1. The fourth-order valence-corrected chi connectivity index (χ4v) is 1.96. The van der Waals surface area contributed by atoms with E-state index in [4.69, 9.17) is 10.00 Å². The van der Waals surface area contributed by atoms with Crippen molar-refractivity contribution in [3.05, 3.63) is 54.2 Å². The van der Waals surface area contributed by atoms with Gasteiger partial charge in [-0.2, -0.15) is 5.26 Å². The van der Waals surface area contributed by atoms with Gasteiger partial charge in [0.1, 0.15) is 5.82 Å². The first-order valence-corrected chi connectivity index (χ1v) is 6.50. The molecule has 0 radical (unpaired) electrons. The summed E-state index contributed by atoms with van der Waals surface area (Å²) < 4.78 is 4.72. The molecule has 21 heavy (non-hydrogen) atoms. The summed E-state index contributed by atoms with van der Waals surface area (Å²) in [6.45, 7) is 0.498. The molecule has 0 N–H and O–H groups in total. The van der Waals surface area contributed by atoms with Gasteiger partial charge in [-0.05, 0) is 24.3 Å². The molecule has 0 amide bonds. The molecule has 5 nitrogen and oxygen atoms in total. The summed E-state index contributed by atoms with van der Waals surface area (Å²) in [6, 6.07) is 15.0. The van der Waals surface area contributed by atoms with Crippen molar-refractivity contribution in [2.45, 2.75) is 6.42 Å². The van der Waals surface area contributed by atoms with Gasteiger partial charge in [-0.3, -0.25) is 0 Å². The van der Waals surface area contributed by atoms with Crippen LogP contribution in [0.2, 0.25) is 0 Å². The molecule has 0 aliphatic heterocycles. The van der Waals surface area contributed by atoms with E-state index in [0.29, 0.717) is 24.3 Å². The highest BCUT2D eigenvalue weighted by atomic mass is 16.5. The molecule has 2 aromatic rings. The van der Waals surface area contributed by atoms with Crippen LogP contribution in [0.4, 0.5) is 11.5 Å². The number of pyridine rings is 1. The second kappa shape index (κ2) is 7.06. The lowest BCUT2D eigenvalue weighted by Crippen LogP contribution is -2.19. The quantitative estimate of drug-likeness (QED) is 0.788. The number of para-hydroxylation sites is 1. The van der Waals surface area contributed by atoms with Gasteiger partial charge in [0, 0.05) is 18.4 Å². The van der Waals surface area contributed by atoms with Gasteiger partial charge in [0.15, 0.2) is 0 Å². The van der Waals surface area contributed by atoms with Crippen molar-refractivity contribution in [3.63, 3.8) is 0 Å². The van der Waals surface area contributed by atoms with Crippen LogP contribution < -0.4 is 4.90 Å². The highest BCUT2D eigenvalue weighted by Crippen LogP contribution is 2.24. The second-order valence-corrected chi connectivity index (χ2v) is 4.29. The molecule has 5 heteroatoms. The zero-order valence-corrected chi connectivity index (χ0v) is 11.7. The highest BCUT2D eigenvalue weighted by molar-refractivity contribution is 5.90. The summed E-state index contributed by atoms with van der Waals surface area (Å²) >= 11 is 0. The smallest absolute Gasteiger partial charge is 0.338 e. The molecule has 106 valence electrons. The Morgan fingerprint density at radius 2 is 2.10 bits per heavy atom. The van der Waals surface area contributed by atoms with Crippen molar-refractivity contribution in [1.29, 1.82) is 5.26 Å². The number of ether oxygens (including phenoxy) is 1. The minimum Gasteiger partial charge on any atom is -0.465 e. The number of hydrogen-bond donors (Lipinski definition) is 0. The lowest BCUT2D eigenvalue weighted by molar-refractivity contribution is 0.0600. The molecule has 0 aliphatic rings. The Morgan fingerprint density at radius 1 is 1.33 bits per heavy atom. The van der Waals surface area contributed by atoms with Crippen LogP contribution in [0.3, 0.4) is 0 Å². The molecule has 1 heterocycles. The second-order valence-electron chi connectivity index (χ2n) is 4.29. The first-order valence-electron chi connectivity index (χ1n) is 6.50. The standard InChI is InChI=1S/C16H15N3O2/c1-21-16(20)13-8-10-18-15(12-13)19(11-5-9-17)14-6-3-2-4-7-14/h2-4,6-8,10,12H,5,11H2,1H3. The Balaban J connectivity index is 2.37. The number of esters is 1. The van der Waals surface area contributed by atoms with E-state index in [-0.39, 0.29) is 0 Å². The third-order valence-corrected chi connectivity index (χ3v) is 2.96. The summed E-state index contributed by atoms with van der Waals surface area (Å²) in [5.74, 6) is 0.200. The van der Waals surface area contributed by atoms with Gasteiger partial charge in [0.25, 0.3) is 0 Å². The summed E-state index contributed by atoms with van der Waals surface area (Å²) in [7, 11) is 1.34. The van der Waals surface area contributed by atoms with Gasteiger partial charge in [-0.1, -0.05) is 18.2 Å². The Hall–Kier alpha value is -2.87. The minimum atomic E-state index is -0.410. The van der Waals surface area contributed by atoms with E-state index < -0.39 is 5.97 Å². The van der Waals surface area contributed by atoms with Gasteiger partial charge >= 0.3 is 5.97 Å². The third-order valence-electron chi connectivity index (χ3n) is 2.96. The predicted molar refractivity (Wildman–Crippen MR) is 79.3 cm³/mol. The number of anilines is 2. The molecule has 0 spiro atoms. The maximum atomic E-state index is 11.6. The minimum absolute atomic E-state index is 0.360. The number of rotatable bonds is 5. The van der Waals surface area contributed by atoms with E-state index in [9.17, 15) is 4.79 Å². The van der Waals surface area contributed by atoms with Crippen LogP contribution in [0.15, 0.2) is 48.7 Å². The average Bonchev–Trinajstić information content (AvgIpc) is 2.56. The number of aromatic nitrogens is 1. The monoisotopic (exact) mass is 281 g/mol. The van der Waals surface area contributed by atoms with Gasteiger partial charge in [0.05, 0.1) is 25.2 Å². The van der Waals surface area contributed by atoms with E-state index in [2.05, 4.69) is 11.1 Å². The zero-order valence-electron chi connectivity index (χ0n) is 11.7. The van der Waals surface area contributed by atoms with E-state index in [1.54, 1.807) is 18.3 Å². The molecule has 0 aliphatic carbocycles. The maximum Gasteiger partial charge on any atom is 0.338 e. The number of carbonyl (C=O) groups excluding carboxylic acids is 1. The molecular formula is C16H15N3O2. The van der Waals surface area contributed by atoms with Crippen LogP contribution in [0.25, 0.3) is 0 Å². The van der Waals surface area contributed by atoms with Gasteiger partial charge < -0.3 is 9.64 Å². The van der Waals surface area contributed by atoms with Gasteiger partial charge in [-0.25, -0.2) is 9.78 Å². The molecule has 1 aromatic heterocycles. The van der Waals surface area contributed by atoms with Crippen LogP contribution in [0, 0.1) is 11.3 Å². The van der Waals surface area contributed by atoms with Crippen LogP contribution in [-0.4, -0.2) is 24.6 Å². The van der Waals surface area contributed by atoms with Crippen molar-refractivity contribution < 1.29 is 9.53 Å². The normalized spacial score (nSPS) is 9.71. The third kappa shape index (κ3) is 3.57. The largest absolute Gasteiger partial charge is 0.465 e. The summed E-state index contributed by atoms with van der Waals surface area (Å²) in [4.78, 5) is 17.8. The van der Waals surface area contributed by atoms with Crippen molar-refractivity contribution in [2.75, 3.05) is 18.6 Å². The molecule has 2 rings (SSSR count). The van der Waals surface area contributed by atoms with Gasteiger partial charge in [-0.15, -0.1) is 0 Å². The fraction of sp³-hybridized carbons (Fsp3) is 0.188. The van der Waals surface area contributed by atoms with E-state index >= 15 is 0 Å². The molecule has 1 aromatic carbocycles. The number of hydrogen-bond acceptors (Lipinski definition) is 5. The highest BCUT2D eigenvalue weighted by Gasteiger charge is 2.13. The topological polar surface area (TPSA) is 66.2 Å². The molecule has 0 saturated heterocycles. The number of carbonyl (C=O) groups is 1. The number of methoxy groups -OCH3 is 1. The molecule has 0 bridgehead atoms. The van der Waals surface area contributed by atoms with Crippen LogP contribution in [-0.2, 0) is 4.74 Å². The Kier molecular flexibility index (Phi) is 4.89. The van der Waals surface area contributed by atoms with Crippen molar-refractivity contribution in [1.82, 2.24) is 4.98 Å². The summed E-state index contributed by atoms with van der Waals surface area (Å²) in [5, 5.41) is 8.82. The molecule has 0 fully saturated rings. The van der Waals surface area contributed by atoms with Crippen molar-refractivity contribution in [2.24, 2.45) is 0 Å². The van der Waals surface area contributed by atoms with Crippen LogP contribution >= 0.6 is 0 Å². The van der Waals surface area contributed by atoms with Crippen LogP contribution in [0.1, 0.15) is 16.8 Å².